The molecule has 0 radical (unpaired) electrons. The molecule has 0 saturated carbocycles. The monoisotopic (exact) mass is 399 g/mol. The van der Waals surface area contributed by atoms with Crippen LogP contribution in [-0.4, -0.2) is 13.7 Å². The van der Waals surface area contributed by atoms with E-state index in [1.807, 2.05) is 54.6 Å². The third-order valence-corrected chi connectivity index (χ3v) is 4.77. The molecule has 0 fully saturated rings. The zero-order chi connectivity index (χ0) is 19.8. The summed E-state index contributed by atoms with van der Waals surface area (Å²) in [6.45, 7) is 1.90. The van der Waals surface area contributed by atoms with Crippen molar-refractivity contribution in [3.8, 4) is 11.5 Å². The number of hydrogen-bond donors (Lipinski definition) is 1. The molecule has 3 aromatic carbocycles. The quantitative estimate of drug-likeness (QED) is 0.489. The molecule has 0 aliphatic heterocycles. The van der Waals surface area contributed by atoms with Gasteiger partial charge in [-0.15, -0.1) is 0 Å². The van der Waals surface area contributed by atoms with E-state index < -0.39 is 0 Å². The van der Waals surface area contributed by atoms with Crippen molar-refractivity contribution in [2.75, 3.05) is 13.7 Å². The number of benzene rings is 3. The molecule has 3 nitrogen and oxygen atoms in total. The first kappa shape index (κ1) is 20.2. The van der Waals surface area contributed by atoms with Gasteiger partial charge in [-0.3, -0.25) is 0 Å². The van der Waals surface area contributed by atoms with Gasteiger partial charge >= 0.3 is 0 Å². The molecule has 0 aromatic heterocycles. The van der Waals surface area contributed by atoms with Crippen LogP contribution in [0.1, 0.15) is 16.7 Å². The minimum Gasteiger partial charge on any atom is -0.493 e. The predicted molar refractivity (Wildman–Crippen MR) is 111 cm³/mol. The summed E-state index contributed by atoms with van der Waals surface area (Å²) in [7, 11) is 1.63. The highest BCUT2D eigenvalue weighted by molar-refractivity contribution is 6.31. The Labute approximate surface area is 170 Å². The van der Waals surface area contributed by atoms with Crippen molar-refractivity contribution in [1.82, 2.24) is 5.32 Å². The summed E-state index contributed by atoms with van der Waals surface area (Å²) in [5.41, 5.74) is 3.13. The zero-order valence-electron chi connectivity index (χ0n) is 15.8. The van der Waals surface area contributed by atoms with Gasteiger partial charge in [0.2, 0.25) is 0 Å². The Morgan fingerprint density at radius 2 is 1.68 bits per heavy atom. The van der Waals surface area contributed by atoms with E-state index in [2.05, 4.69) is 5.32 Å². The van der Waals surface area contributed by atoms with E-state index in [-0.39, 0.29) is 5.82 Å². The van der Waals surface area contributed by atoms with E-state index in [0.717, 1.165) is 29.7 Å². The molecule has 3 rings (SSSR count). The zero-order valence-corrected chi connectivity index (χ0v) is 16.5. The highest BCUT2D eigenvalue weighted by Gasteiger charge is 2.07. The SMILES string of the molecule is COc1cc(CNCCc2ccc(F)cc2)ccc1OCc1ccccc1Cl. The van der Waals surface area contributed by atoms with Crippen molar-refractivity contribution < 1.29 is 13.9 Å². The van der Waals surface area contributed by atoms with Crippen molar-refractivity contribution in [3.63, 3.8) is 0 Å². The van der Waals surface area contributed by atoms with Gasteiger partial charge in [-0.25, -0.2) is 4.39 Å². The van der Waals surface area contributed by atoms with Crippen LogP contribution in [0.2, 0.25) is 5.02 Å². The second kappa shape index (κ2) is 10.1. The predicted octanol–water partition coefficient (Wildman–Crippen LogP) is 5.40. The molecule has 1 N–H and O–H groups in total. The Balaban J connectivity index is 1.52. The maximum absolute atomic E-state index is 12.9. The molecule has 28 heavy (non-hydrogen) atoms. The first-order valence-electron chi connectivity index (χ1n) is 9.14. The van der Waals surface area contributed by atoms with E-state index in [0.29, 0.717) is 29.7 Å². The highest BCUT2D eigenvalue weighted by Crippen LogP contribution is 2.29. The molecule has 0 aliphatic carbocycles. The standard InChI is InChI=1S/C23H23ClFNO2/c1-27-23-14-18(15-26-13-12-17-6-9-20(25)10-7-17)8-11-22(23)28-16-19-4-2-3-5-21(19)24/h2-11,14,26H,12-13,15-16H2,1H3. The van der Waals surface area contributed by atoms with Crippen molar-refractivity contribution in [3.05, 3.63) is 94.3 Å². The molecule has 146 valence electrons. The molecule has 0 unspecified atom stereocenters. The third-order valence-electron chi connectivity index (χ3n) is 4.40. The van der Waals surface area contributed by atoms with Crippen molar-refractivity contribution in [2.24, 2.45) is 0 Å². The number of methoxy groups -OCH3 is 1. The van der Waals surface area contributed by atoms with E-state index in [9.17, 15) is 4.39 Å². The van der Waals surface area contributed by atoms with E-state index in [1.54, 1.807) is 7.11 Å². The Morgan fingerprint density at radius 1 is 0.929 bits per heavy atom. The van der Waals surface area contributed by atoms with Crippen LogP contribution in [0.3, 0.4) is 0 Å². The summed E-state index contributed by atoms with van der Waals surface area (Å²) in [4.78, 5) is 0. The average molecular weight is 400 g/mol. The maximum atomic E-state index is 12.9. The summed E-state index contributed by atoms with van der Waals surface area (Å²) >= 11 is 6.17. The van der Waals surface area contributed by atoms with E-state index in [4.69, 9.17) is 21.1 Å². The summed E-state index contributed by atoms with van der Waals surface area (Å²) in [6.07, 6.45) is 0.844. The van der Waals surface area contributed by atoms with Crippen molar-refractivity contribution in [1.29, 1.82) is 0 Å². The van der Waals surface area contributed by atoms with Crippen LogP contribution in [0.5, 0.6) is 11.5 Å². The molecule has 0 saturated heterocycles. The molecule has 3 aromatic rings. The van der Waals surface area contributed by atoms with Crippen molar-refractivity contribution in [2.45, 2.75) is 19.6 Å². The number of hydrogen-bond acceptors (Lipinski definition) is 3. The minimum absolute atomic E-state index is 0.208. The topological polar surface area (TPSA) is 30.5 Å². The first-order chi connectivity index (χ1) is 13.7. The van der Waals surface area contributed by atoms with Crippen LogP contribution in [0, 0.1) is 5.82 Å². The average Bonchev–Trinajstić information content (AvgIpc) is 2.72. The normalized spacial score (nSPS) is 10.7. The van der Waals surface area contributed by atoms with Gasteiger partial charge in [0.15, 0.2) is 11.5 Å². The summed E-state index contributed by atoms with van der Waals surface area (Å²) in [5.74, 6) is 1.16. The van der Waals surface area contributed by atoms with Gasteiger partial charge in [-0.05, 0) is 54.4 Å². The second-order valence-electron chi connectivity index (χ2n) is 6.42. The van der Waals surface area contributed by atoms with Gasteiger partial charge in [0.1, 0.15) is 12.4 Å². The van der Waals surface area contributed by atoms with Crippen LogP contribution in [-0.2, 0) is 19.6 Å². The lowest BCUT2D eigenvalue weighted by Gasteiger charge is -2.13. The lowest BCUT2D eigenvalue weighted by atomic mass is 10.1. The largest absolute Gasteiger partial charge is 0.493 e. The Morgan fingerprint density at radius 3 is 2.43 bits per heavy atom. The van der Waals surface area contributed by atoms with Gasteiger partial charge in [0.25, 0.3) is 0 Å². The molecule has 0 amide bonds. The molecule has 0 aliphatic rings. The smallest absolute Gasteiger partial charge is 0.161 e. The lowest BCUT2D eigenvalue weighted by Crippen LogP contribution is -2.16. The number of rotatable bonds is 9. The fourth-order valence-electron chi connectivity index (χ4n) is 2.83. The van der Waals surface area contributed by atoms with Gasteiger partial charge in [-0.1, -0.05) is 48.0 Å². The molecular formula is C23H23ClFNO2. The fraction of sp³-hybridized carbons (Fsp3) is 0.217. The molecule has 0 heterocycles. The Kier molecular flexibility index (Phi) is 7.29. The molecule has 0 atom stereocenters. The van der Waals surface area contributed by atoms with Gasteiger partial charge in [-0.2, -0.15) is 0 Å². The van der Waals surface area contributed by atoms with Gasteiger partial charge in [0, 0.05) is 17.1 Å². The molecule has 5 heteroatoms. The minimum atomic E-state index is -0.208. The summed E-state index contributed by atoms with van der Waals surface area (Å²) in [5, 5.41) is 4.08. The van der Waals surface area contributed by atoms with Crippen LogP contribution in [0.15, 0.2) is 66.7 Å². The van der Waals surface area contributed by atoms with Gasteiger partial charge in [0.05, 0.1) is 7.11 Å². The number of ether oxygens (including phenoxy) is 2. The van der Waals surface area contributed by atoms with E-state index in [1.165, 1.54) is 12.1 Å². The van der Waals surface area contributed by atoms with Crippen LogP contribution >= 0.6 is 11.6 Å². The van der Waals surface area contributed by atoms with Crippen LogP contribution in [0.25, 0.3) is 0 Å². The highest BCUT2D eigenvalue weighted by atomic mass is 35.5. The van der Waals surface area contributed by atoms with Crippen molar-refractivity contribution >= 4 is 11.6 Å². The molecule has 0 bridgehead atoms. The number of nitrogens with one attached hydrogen (secondary N) is 1. The maximum Gasteiger partial charge on any atom is 0.161 e. The van der Waals surface area contributed by atoms with Crippen LogP contribution < -0.4 is 14.8 Å². The Bertz CT molecular complexity index is 899. The third kappa shape index (κ3) is 5.72. The van der Waals surface area contributed by atoms with E-state index >= 15 is 0 Å². The lowest BCUT2D eigenvalue weighted by molar-refractivity contribution is 0.284. The van der Waals surface area contributed by atoms with Gasteiger partial charge < -0.3 is 14.8 Å². The Hall–Kier alpha value is -2.56. The second-order valence-corrected chi connectivity index (χ2v) is 6.83. The molecule has 0 spiro atoms. The summed E-state index contributed by atoms with van der Waals surface area (Å²) in [6, 6.07) is 20.1. The summed E-state index contributed by atoms with van der Waals surface area (Å²) < 4.78 is 24.3. The van der Waals surface area contributed by atoms with Crippen LogP contribution in [0.4, 0.5) is 4.39 Å². The number of halogens is 2. The first-order valence-corrected chi connectivity index (χ1v) is 9.52. The molecular weight excluding hydrogens is 377 g/mol. The fourth-order valence-corrected chi connectivity index (χ4v) is 3.02.